The van der Waals surface area contributed by atoms with Crippen molar-refractivity contribution in [3.05, 3.63) is 0 Å². The van der Waals surface area contributed by atoms with Gasteiger partial charge >= 0.3 is 0 Å². The molecule has 1 saturated carbocycles. The minimum atomic E-state index is -2.58. The van der Waals surface area contributed by atoms with Crippen LogP contribution in [0.15, 0.2) is 0 Å². The Kier molecular flexibility index (Phi) is 4.64. The highest BCUT2D eigenvalue weighted by atomic mass is 19.3. The normalized spacial score (nSPS) is 23.6. The highest BCUT2D eigenvalue weighted by molar-refractivity contribution is 4.95. The molecule has 0 saturated heterocycles. The molecule has 0 aromatic carbocycles. The van der Waals surface area contributed by atoms with Crippen molar-refractivity contribution >= 4 is 0 Å². The molecule has 1 fully saturated rings. The smallest absolute Gasteiger partial charge is 0.248 e. The molecule has 0 spiro atoms. The fraction of sp³-hybridized carbons (Fsp3) is 1.00. The van der Waals surface area contributed by atoms with Gasteiger partial charge in [-0.25, -0.2) is 8.78 Å². The van der Waals surface area contributed by atoms with Crippen molar-refractivity contribution in [2.24, 2.45) is 5.73 Å². The Morgan fingerprint density at radius 2 is 1.50 bits per heavy atom. The monoisotopic (exact) mass is 237 g/mol. The molecular formula is C11H21F2NO2. The first-order valence-electron chi connectivity index (χ1n) is 5.83. The summed E-state index contributed by atoms with van der Waals surface area (Å²) >= 11 is 0. The van der Waals surface area contributed by atoms with Crippen LogP contribution in [0.25, 0.3) is 0 Å². The molecule has 0 radical (unpaired) electrons. The number of ether oxygens (including phenoxy) is 2. The molecule has 96 valence electrons. The van der Waals surface area contributed by atoms with E-state index in [0.717, 1.165) is 0 Å². The van der Waals surface area contributed by atoms with Crippen molar-refractivity contribution in [3.8, 4) is 0 Å². The van der Waals surface area contributed by atoms with E-state index in [0.29, 0.717) is 13.2 Å². The van der Waals surface area contributed by atoms with Crippen molar-refractivity contribution in [1.29, 1.82) is 0 Å². The van der Waals surface area contributed by atoms with Crippen LogP contribution in [0, 0.1) is 0 Å². The minimum Gasteiger partial charge on any atom is -0.351 e. The third-order valence-electron chi connectivity index (χ3n) is 3.02. The van der Waals surface area contributed by atoms with Gasteiger partial charge in [0.1, 0.15) is 0 Å². The molecule has 0 heterocycles. The predicted molar refractivity (Wildman–Crippen MR) is 57.4 cm³/mol. The fourth-order valence-electron chi connectivity index (χ4n) is 2.00. The summed E-state index contributed by atoms with van der Waals surface area (Å²) in [6.45, 7) is 4.62. The van der Waals surface area contributed by atoms with Crippen LogP contribution in [0.3, 0.4) is 0 Å². The number of alkyl halides is 2. The van der Waals surface area contributed by atoms with E-state index in [1.54, 1.807) is 0 Å². The van der Waals surface area contributed by atoms with Crippen LogP contribution in [0.1, 0.15) is 39.5 Å². The zero-order valence-corrected chi connectivity index (χ0v) is 9.97. The van der Waals surface area contributed by atoms with Gasteiger partial charge in [-0.2, -0.15) is 0 Å². The van der Waals surface area contributed by atoms with E-state index in [2.05, 4.69) is 0 Å². The average Bonchev–Trinajstić information content (AvgIpc) is 2.23. The topological polar surface area (TPSA) is 44.5 Å². The lowest BCUT2D eigenvalue weighted by Crippen LogP contribution is -2.56. The molecule has 2 N–H and O–H groups in total. The van der Waals surface area contributed by atoms with Crippen LogP contribution in [-0.2, 0) is 9.47 Å². The second-order valence-electron chi connectivity index (χ2n) is 4.33. The second kappa shape index (κ2) is 5.38. The summed E-state index contributed by atoms with van der Waals surface area (Å²) in [5.74, 6) is -2.58. The molecule has 0 aliphatic heterocycles. The molecular weight excluding hydrogens is 216 g/mol. The average molecular weight is 237 g/mol. The highest BCUT2D eigenvalue weighted by Gasteiger charge is 2.46. The summed E-state index contributed by atoms with van der Waals surface area (Å²) in [6.07, 6.45) is -0.450. The Balaban J connectivity index is 2.61. The molecule has 1 rings (SSSR count). The number of hydrogen-bond acceptors (Lipinski definition) is 3. The molecule has 0 bridgehead atoms. The van der Waals surface area contributed by atoms with Crippen molar-refractivity contribution in [3.63, 3.8) is 0 Å². The Labute approximate surface area is 95.3 Å². The van der Waals surface area contributed by atoms with E-state index < -0.39 is 17.8 Å². The molecule has 1 aliphatic rings. The third kappa shape index (κ3) is 3.37. The third-order valence-corrected chi connectivity index (χ3v) is 3.02. The molecule has 3 nitrogen and oxygen atoms in total. The molecule has 0 aromatic rings. The zero-order chi connectivity index (χ0) is 12.2. The summed E-state index contributed by atoms with van der Waals surface area (Å²) in [5, 5.41) is 0. The minimum absolute atomic E-state index is 0.180. The maximum absolute atomic E-state index is 13.0. The zero-order valence-electron chi connectivity index (χ0n) is 9.97. The maximum Gasteiger partial charge on any atom is 0.248 e. The van der Waals surface area contributed by atoms with Gasteiger partial charge in [-0.3, -0.25) is 0 Å². The van der Waals surface area contributed by atoms with Gasteiger partial charge in [-0.15, -0.1) is 0 Å². The number of hydrogen-bond donors (Lipinski definition) is 1. The molecule has 0 amide bonds. The van der Waals surface area contributed by atoms with E-state index in [-0.39, 0.29) is 25.7 Å². The van der Waals surface area contributed by atoms with Crippen LogP contribution in [-0.4, -0.2) is 31.0 Å². The summed E-state index contributed by atoms with van der Waals surface area (Å²) in [7, 11) is 0. The number of rotatable bonds is 5. The van der Waals surface area contributed by atoms with Crippen LogP contribution >= 0.6 is 0 Å². The SMILES string of the molecule is CCOC(OCC)C1(N)CCC(F)(F)CC1. The largest absolute Gasteiger partial charge is 0.351 e. The van der Waals surface area contributed by atoms with Gasteiger partial charge in [-0.1, -0.05) is 0 Å². The summed E-state index contributed by atoms with van der Waals surface area (Å²) < 4.78 is 36.9. The van der Waals surface area contributed by atoms with E-state index >= 15 is 0 Å². The van der Waals surface area contributed by atoms with Crippen LogP contribution in [0.4, 0.5) is 8.78 Å². The molecule has 1 aliphatic carbocycles. The van der Waals surface area contributed by atoms with Crippen molar-refractivity contribution < 1.29 is 18.3 Å². The van der Waals surface area contributed by atoms with Crippen LogP contribution in [0.2, 0.25) is 0 Å². The lowest BCUT2D eigenvalue weighted by atomic mass is 9.80. The highest BCUT2D eigenvalue weighted by Crippen LogP contribution is 2.39. The summed E-state index contributed by atoms with van der Waals surface area (Å²) in [6, 6.07) is 0. The predicted octanol–water partition coefficient (Wildman–Crippen LogP) is 2.29. The first kappa shape index (κ1) is 13.8. The van der Waals surface area contributed by atoms with Gasteiger partial charge in [0.2, 0.25) is 5.92 Å². The molecule has 0 atom stereocenters. The van der Waals surface area contributed by atoms with E-state index in [1.165, 1.54) is 0 Å². The van der Waals surface area contributed by atoms with Gasteiger partial charge < -0.3 is 15.2 Å². The van der Waals surface area contributed by atoms with E-state index in [1.807, 2.05) is 13.8 Å². The summed E-state index contributed by atoms with van der Waals surface area (Å²) in [5.41, 5.74) is 5.34. The number of halogens is 2. The molecule has 0 unspecified atom stereocenters. The Morgan fingerprint density at radius 1 is 1.06 bits per heavy atom. The van der Waals surface area contributed by atoms with Crippen molar-refractivity contribution in [1.82, 2.24) is 0 Å². The van der Waals surface area contributed by atoms with Gasteiger partial charge in [0.05, 0.1) is 5.54 Å². The maximum atomic E-state index is 13.0. The van der Waals surface area contributed by atoms with Gasteiger partial charge in [0, 0.05) is 26.1 Å². The lowest BCUT2D eigenvalue weighted by Gasteiger charge is -2.41. The lowest BCUT2D eigenvalue weighted by molar-refractivity contribution is -0.193. The number of nitrogens with two attached hydrogens (primary N) is 1. The van der Waals surface area contributed by atoms with Gasteiger partial charge in [0.25, 0.3) is 0 Å². The quantitative estimate of drug-likeness (QED) is 0.746. The summed E-state index contributed by atoms with van der Waals surface area (Å²) in [4.78, 5) is 0. The van der Waals surface area contributed by atoms with Gasteiger partial charge in [-0.05, 0) is 26.7 Å². The fourth-order valence-corrected chi connectivity index (χ4v) is 2.00. The Bertz CT molecular complexity index is 208. The molecule has 16 heavy (non-hydrogen) atoms. The van der Waals surface area contributed by atoms with Crippen LogP contribution in [0.5, 0.6) is 0 Å². The molecule has 5 heteroatoms. The van der Waals surface area contributed by atoms with E-state index in [4.69, 9.17) is 15.2 Å². The standard InChI is InChI=1S/C11H21F2NO2/c1-3-15-9(16-4-2)10(14)5-7-11(12,13)8-6-10/h9H,3-8,14H2,1-2H3. The molecule has 0 aromatic heterocycles. The van der Waals surface area contributed by atoms with Gasteiger partial charge in [0.15, 0.2) is 6.29 Å². The first-order chi connectivity index (χ1) is 7.43. The second-order valence-corrected chi connectivity index (χ2v) is 4.33. The Hall–Kier alpha value is -0.260. The Morgan fingerprint density at radius 3 is 1.88 bits per heavy atom. The first-order valence-corrected chi connectivity index (χ1v) is 5.83. The van der Waals surface area contributed by atoms with Crippen molar-refractivity contribution in [2.75, 3.05) is 13.2 Å². The van der Waals surface area contributed by atoms with Crippen LogP contribution < -0.4 is 5.73 Å². The van der Waals surface area contributed by atoms with E-state index in [9.17, 15) is 8.78 Å². The van der Waals surface area contributed by atoms with Crippen molar-refractivity contribution in [2.45, 2.75) is 57.3 Å².